The maximum Gasteiger partial charge on any atom is 0.432 e. The second-order valence-corrected chi connectivity index (χ2v) is 6.36. The Morgan fingerprint density at radius 2 is 2.05 bits per heavy atom. The molecule has 2 atom stereocenters. The SMILES string of the molecule is O=C(NCc1ncc(C(F)(F)F)[nH]1)C1CC1C1CCCCC1. The highest BCUT2D eigenvalue weighted by Gasteiger charge is 2.47. The van der Waals surface area contributed by atoms with Crippen LogP contribution in [0.15, 0.2) is 6.20 Å². The van der Waals surface area contributed by atoms with Crippen molar-refractivity contribution < 1.29 is 18.0 Å². The van der Waals surface area contributed by atoms with Crippen LogP contribution in [0.5, 0.6) is 0 Å². The van der Waals surface area contributed by atoms with Crippen molar-refractivity contribution in [3.05, 3.63) is 17.7 Å². The first-order valence-corrected chi connectivity index (χ1v) is 7.84. The Bertz CT molecular complexity index is 534. The van der Waals surface area contributed by atoms with E-state index in [1.165, 1.54) is 32.1 Å². The van der Waals surface area contributed by atoms with Gasteiger partial charge in [-0.15, -0.1) is 0 Å². The topological polar surface area (TPSA) is 57.8 Å². The number of aromatic nitrogens is 2. The summed E-state index contributed by atoms with van der Waals surface area (Å²) in [4.78, 5) is 17.9. The van der Waals surface area contributed by atoms with Crippen molar-refractivity contribution in [3.63, 3.8) is 0 Å². The van der Waals surface area contributed by atoms with Crippen LogP contribution in [0.4, 0.5) is 13.2 Å². The van der Waals surface area contributed by atoms with E-state index in [2.05, 4.69) is 15.3 Å². The van der Waals surface area contributed by atoms with Gasteiger partial charge in [-0.1, -0.05) is 32.1 Å². The molecule has 7 heteroatoms. The maximum atomic E-state index is 12.4. The van der Waals surface area contributed by atoms with Crippen molar-refractivity contribution in [1.82, 2.24) is 15.3 Å². The number of carbonyl (C=O) groups is 1. The number of nitrogens with zero attached hydrogens (tertiary/aromatic N) is 1. The number of imidazole rings is 1. The maximum absolute atomic E-state index is 12.4. The zero-order valence-electron chi connectivity index (χ0n) is 12.2. The van der Waals surface area contributed by atoms with Crippen LogP contribution >= 0.6 is 0 Å². The van der Waals surface area contributed by atoms with Crippen molar-refractivity contribution in [2.45, 2.75) is 51.2 Å². The van der Waals surface area contributed by atoms with Crippen molar-refractivity contribution in [3.8, 4) is 0 Å². The van der Waals surface area contributed by atoms with Gasteiger partial charge in [0.2, 0.25) is 5.91 Å². The van der Waals surface area contributed by atoms with Crippen molar-refractivity contribution >= 4 is 5.91 Å². The molecule has 0 aliphatic heterocycles. The number of amides is 1. The third-order valence-corrected chi connectivity index (χ3v) is 4.80. The van der Waals surface area contributed by atoms with Crippen LogP contribution in [0.2, 0.25) is 0 Å². The smallest absolute Gasteiger partial charge is 0.349 e. The molecule has 1 heterocycles. The molecule has 0 saturated heterocycles. The molecule has 0 bridgehead atoms. The molecule has 2 aliphatic carbocycles. The van der Waals surface area contributed by atoms with Gasteiger partial charge < -0.3 is 10.3 Å². The summed E-state index contributed by atoms with van der Waals surface area (Å²) in [6.45, 7) is 0.0167. The zero-order valence-corrected chi connectivity index (χ0v) is 12.2. The molecule has 22 heavy (non-hydrogen) atoms. The van der Waals surface area contributed by atoms with E-state index in [-0.39, 0.29) is 24.2 Å². The van der Waals surface area contributed by atoms with Crippen LogP contribution < -0.4 is 5.32 Å². The van der Waals surface area contributed by atoms with E-state index in [0.29, 0.717) is 11.8 Å². The molecule has 1 aromatic rings. The van der Waals surface area contributed by atoms with Gasteiger partial charge in [0.1, 0.15) is 11.5 Å². The Morgan fingerprint density at radius 3 is 2.68 bits per heavy atom. The molecule has 0 radical (unpaired) electrons. The predicted octanol–water partition coefficient (Wildman–Crippen LogP) is 3.26. The molecule has 0 spiro atoms. The summed E-state index contributed by atoms with van der Waals surface area (Å²) in [6, 6.07) is 0. The van der Waals surface area contributed by atoms with Gasteiger partial charge in [0.05, 0.1) is 12.7 Å². The number of aromatic amines is 1. The Hall–Kier alpha value is -1.53. The molecule has 1 amide bonds. The van der Waals surface area contributed by atoms with Crippen LogP contribution in [0.25, 0.3) is 0 Å². The summed E-state index contributed by atoms with van der Waals surface area (Å²) >= 11 is 0. The standard InChI is InChI=1S/C15H20F3N3O/c16-15(17,18)12-7-19-13(21-12)8-20-14(22)11-6-10(11)9-4-2-1-3-5-9/h7,9-11H,1-6,8H2,(H,19,21)(H,20,22). The van der Waals surface area contributed by atoms with Gasteiger partial charge >= 0.3 is 6.18 Å². The summed E-state index contributed by atoms with van der Waals surface area (Å²) in [5.41, 5.74) is -0.886. The monoisotopic (exact) mass is 315 g/mol. The van der Waals surface area contributed by atoms with Crippen molar-refractivity contribution in [2.75, 3.05) is 0 Å². The molecule has 4 nitrogen and oxygen atoms in total. The first-order valence-electron chi connectivity index (χ1n) is 7.84. The van der Waals surface area contributed by atoms with Crippen molar-refractivity contribution in [2.24, 2.45) is 17.8 Å². The minimum Gasteiger partial charge on any atom is -0.349 e. The van der Waals surface area contributed by atoms with E-state index >= 15 is 0 Å². The minimum absolute atomic E-state index is 0.0167. The molecule has 2 aliphatic rings. The normalized spacial score (nSPS) is 26.0. The summed E-state index contributed by atoms with van der Waals surface area (Å²) in [5, 5.41) is 2.69. The average molecular weight is 315 g/mol. The van der Waals surface area contributed by atoms with E-state index in [9.17, 15) is 18.0 Å². The fourth-order valence-electron chi connectivity index (χ4n) is 3.50. The Balaban J connectivity index is 1.46. The van der Waals surface area contributed by atoms with Crippen LogP contribution in [0.1, 0.15) is 50.0 Å². The minimum atomic E-state index is -4.43. The number of rotatable bonds is 4. The molecule has 2 unspecified atom stereocenters. The van der Waals surface area contributed by atoms with E-state index in [4.69, 9.17) is 0 Å². The number of hydrogen-bond acceptors (Lipinski definition) is 2. The molecule has 2 fully saturated rings. The van der Waals surface area contributed by atoms with E-state index in [0.717, 1.165) is 12.6 Å². The van der Waals surface area contributed by atoms with Gasteiger partial charge in [0.15, 0.2) is 0 Å². The Kier molecular flexibility index (Phi) is 4.14. The zero-order chi connectivity index (χ0) is 15.7. The lowest BCUT2D eigenvalue weighted by Crippen LogP contribution is -2.26. The Labute approximate surface area is 126 Å². The molecule has 1 aromatic heterocycles. The predicted molar refractivity (Wildman–Crippen MR) is 73.6 cm³/mol. The molecule has 2 N–H and O–H groups in total. The molecular weight excluding hydrogens is 295 g/mol. The van der Waals surface area contributed by atoms with E-state index in [1.54, 1.807) is 0 Å². The number of alkyl halides is 3. The van der Waals surface area contributed by atoms with Crippen LogP contribution in [0.3, 0.4) is 0 Å². The summed E-state index contributed by atoms with van der Waals surface area (Å²) in [6.07, 6.45) is 3.46. The Morgan fingerprint density at radius 1 is 1.32 bits per heavy atom. The molecule has 0 aromatic carbocycles. The molecular formula is C15H20F3N3O. The lowest BCUT2D eigenvalue weighted by molar-refractivity contribution is -0.140. The fraction of sp³-hybridized carbons (Fsp3) is 0.733. The highest BCUT2D eigenvalue weighted by molar-refractivity contribution is 5.81. The average Bonchev–Trinajstić information content (AvgIpc) is 3.14. The third kappa shape index (κ3) is 3.44. The molecule has 2 saturated carbocycles. The number of halogens is 3. The van der Waals surface area contributed by atoms with E-state index < -0.39 is 11.9 Å². The van der Waals surface area contributed by atoms with Gasteiger partial charge in [-0.25, -0.2) is 4.98 Å². The van der Waals surface area contributed by atoms with Crippen LogP contribution in [0, 0.1) is 17.8 Å². The van der Waals surface area contributed by atoms with Crippen LogP contribution in [-0.4, -0.2) is 15.9 Å². The largest absolute Gasteiger partial charge is 0.432 e. The summed E-state index contributed by atoms with van der Waals surface area (Å²) < 4.78 is 37.3. The van der Waals surface area contributed by atoms with E-state index in [1.807, 2.05) is 0 Å². The van der Waals surface area contributed by atoms with Gasteiger partial charge in [-0.05, 0) is 18.3 Å². The van der Waals surface area contributed by atoms with Gasteiger partial charge in [0.25, 0.3) is 0 Å². The third-order valence-electron chi connectivity index (χ3n) is 4.80. The van der Waals surface area contributed by atoms with Gasteiger partial charge in [-0.2, -0.15) is 13.2 Å². The molecule has 122 valence electrons. The van der Waals surface area contributed by atoms with Crippen molar-refractivity contribution in [1.29, 1.82) is 0 Å². The van der Waals surface area contributed by atoms with Gasteiger partial charge in [0, 0.05) is 5.92 Å². The second kappa shape index (κ2) is 5.93. The number of H-pyrrole nitrogens is 1. The number of carbonyl (C=O) groups excluding carboxylic acids is 1. The highest BCUT2D eigenvalue weighted by atomic mass is 19.4. The highest BCUT2D eigenvalue weighted by Crippen LogP contribution is 2.49. The lowest BCUT2D eigenvalue weighted by atomic mass is 9.85. The quantitative estimate of drug-likeness (QED) is 0.896. The number of nitrogens with one attached hydrogen (secondary N) is 2. The first-order chi connectivity index (χ1) is 10.4. The van der Waals surface area contributed by atoms with Gasteiger partial charge in [-0.3, -0.25) is 4.79 Å². The number of hydrogen-bond donors (Lipinski definition) is 2. The summed E-state index contributed by atoms with van der Waals surface area (Å²) in [5.74, 6) is 1.25. The first kappa shape index (κ1) is 15.4. The van der Waals surface area contributed by atoms with Crippen LogP contribution in [-0.2, 0) is 17.5 Å². The molecule has 3 rings (SSSR count). The fourth-order valence-corrected chi connectivity index (χ4v) is 3.50. The summed E-state index contributed by atoms with van der Waals surface area (Å²) in [7, 11) is 0. The lowest BCUT2D eigenvalue weighted by Gasteiger charge is -2.21. The second-order valence-electron chi connectivity index (χ2n) is 6.36.